The summed E-state index contributed by atoms with van der Waals surface area (Å²) in [5, 5.41) is 16.5. The van der Waals surface area contributed by atoms with Crippen molar-refractivity contribution in [1.82, 2.24) is 4.98 Å². The monoisotopic (exact) mass is 387 g/mol. The van der Waals surface area contributed by atoms with E-state index in [1.165, 1.54) is 16.7 Å². The van der Waals surface area contributed by atoms with Crippen LogP contribution in [0.5, 0.6) is 0 Å². The lowest BCUT2D eigenvalue weighted by molar-refractivity contribution is 0.0697. The van der Waals surface area contributed by atoms with Gasteiger partial charge in [-0.15, -0.1) is 0 Å². The molecular weight excluding hydrogens is 362 g/mol. The van der Waals surface area contributed by atoms with E-state index in [4.69, 9.17) is 0 Å². The van der Waals surface area contributed by atoms with Crippen molar-refractivity contribution >= 4 is 23.0 Å². The lowest BCUT2D eigenvalue weighted by Gasteiger charge is -2.29. The number of aromatic carboxylic acids is 1. The third-order valence-electron chi connectivity index (χ3n) is 5.49. The first-order valence-corrected chi connectivity index (χ1v) is 9.93. The van der Waals surface area contributed by atoms with Gasteiger partial charge in [0.1, 0.15) is 0 Å². The molecule has 5 heteroatoms. The van der Waals surface area contributed by atoms with Gasteiger partial charge in [-0.25, -0.2) is 4.79 Å². The summed E-state index contributed by atoms with van der Waals surface area (Å²) in [6, 6.07) is 16.4. The van der Waals surface area contributed by atoms with Crippen molar-refractivity contribution in [3.8, 4) is 0 Å². The lowest BCUT2D eigenvalue weighted by Crippen LogP contribution is -2.20. The Hall–Kier alpha value is -3.34. The quantitative estimate of drug-likeness (QED) is 0.529. The summed E-state index contributed by atoms with van der Waals surface area (Å²) < 4.78 is 0. The Balaban J connectivity index is 1.59. The second-order valence-corrected chi connectivity index (χ2v) is 7.62. The van der Waals surface area contributed by atoms with Crippen LogP contribution in [-0.2, 0) is 6.42 Å². The van der Waals surface area contributed by atoms with E-state index in [0.717, 1.165) is 30.6 Å². The molecule has 0 spiro atoms. The van der Waals surface area contributed by atoms with Gasteiger partial charge in [0.15, 0.2) is 0 Å². The minimum atomic E-state index is -0.938. The maximum Gasteiger partial charge on any atom is 0.337 e. The Morgan fingerprint density at radius 3 is 2.59 bits per heavy atom. The first-order valence-electron chi connectivity index (χ1n) is 9.93. The standard InChI is InChI=1S/C24H25N3O2/c1-15-6-8-18(9-7-15)26-19-10-11-20-17(14-19)4-3-5-22(20)27-23-16(2)25-13-12-21(23)24(28)29/h6-14,22,26-27H,3-5H2,1-2H3,(H,28,29)/t22-/m1/s1. The maximum absolute atomic E-state index is 11.6. The van der Waals surface area contributed by atoms with Crippen LogP contribution in [0.4, 0.5) is 17.1 Å². The molecule has 29 heavy (non-hydrogen) atoms. The Bertz CT molecular complexity index is 1040. The molecule has 2 aromatic carbocycles. The molecule has 4 rings (SSSR count). The molecule has 1 heterocycles. The summed E-state index contributed by atoms with van der Waals surface area (Å²) >= 11 is 0. The summed E-state index contributed by atoms with van der Waals surface area (Å²) in [5.41, 5.74) is 7.47. The van der Waals surface area contributed by atoms with Gasteiger partial charge in [0, 0.05) is 17.6 Å². The van der Waals surface area contributed by atoms with Crippen LogP contribution in [0.3, 0.4) is 0 Å². The van der Waals surface area contributed by atoms with E-state index < -0.39 is 5.97 Å². The number of nitrogens with zero attached hydrogens (tertiary/aromatic N) is 1. The van der Waals surface area contributed by atoms with Gasteiger partial charge in [-0.3, -0.25) is 4.98 Å². The Kier molecular flexibility index (Phi) is 5.21. The zero-order valence-corrected chi connectivity index (χ0v) is 16.7. The number of carbonyl (C=O) groups is 1. The van der Waals surface area contributed by atoms with Crippen LogP contribution < -0.4 is 10.6 Å². The van der Waals surface area contributed by atoms with E-state index in [0.29, 0.717) is 11.4 Å². The van der Waals surface area contributed by atoms with Gasteiger partial charge in [0.25, 0.3) is 0 Å². The third kappa shape index (κ3) is 4.09. The van der Waals surface area contributed by atoms with Crippen molar-refractivity contribution < 1.29 is 9.90 Å². The number of aromatic nitrogens is 1. The largest absolute Gasteiger partial charge is 0.478 e. The van der Waals surface area contributed by atoms with Crippen molar-refractivity contribution in [1.29, 1.82) is 0 Å². The number of benzene rings is 2. The average Bonchev–Trinajstić information content (AvgIpc) is 2.71. The molecule has 0 fully saturated rings. The number of hydrogen-bond acceptors (Lipinski definition) is 4. The summed E-state index contributed by atoms with van der Waals surface area (Å²) in [5.74, 6) is -0.938. The highest BCUT2D eigenvalue weighted by Gasteiger charge is 2.23. The molecule has 1 aromatic heterocycles. The second kappa shape index (κ2) is 7.95. The first kappa shape index (κ1) is 19.0. The molecule has 0 amide bonds. The number of carboxylic acids is 1. The first-order chi connectivity index (χ1) is 14.0. The van der Waals surface area contributed by atoms with E-state index in [1.54, 1.807) is 12.3 Å². The van der Waals surface area contributed by atoms with Crippen LogP contribution in [0.2, 0.25) is 0 Å². The smallest absolute Gasteiger partial charge is 0.337 e. The van der Waals surface area contributed by atoms with E-state index in [1.807, 2.05) is 6.92 Å². The summed E-state index contributed by atoms with van der Waals surface area (Å²) in [7, 11) is 0. The number of carboxylic acid groups (broad SMARTS) is 1. The minimum absolute atomic E-state index is 0.0770. The number of anilines is 3. The maximum atomic E-state index is 11.6. The van der Waals surface area contributed by atoms with E-state index in [2.05, 4.69) is 65.0 Å². The molecule has 0 saturated heterocycles. The van der Waals surface area contributed by atoms with Gasteiger partial charge in [-0.05, 0) is 74.6 Å². The Morgan fingerprint density at radius 1 is 1.07 bits per heavy atom. The van der Waals surface area contributed by atoms with Crippen LogP contribution in [0, 0.1) is 13.8 Å². The average molecular weight is 387 g/mol. The van der Waals surface area contributed by atoms with Gasteiger partial charge in [0.2, 0.25) is 0 Å². The molecule has 1 aliphatic carbocycles. The van der Waals surface area contributed by atoms with Gasteiger partial charge < -0.3 is 15.7 Å². The second-order valence-electron chi connectivity index (χ2n) is 7.62. The van der Waals surface area contributed by atoms with Gasteiger partial charge in [-0.1, -0.05) is 23.8 Å². The highest BCUT2D eigenvalue weighted by atomic mass is 16.4. The SMILES string of the molecule is Cc1ccc(Nc2ccc3c(c2)CCC[C@H]3Nc2c(C(=O)O)ccnc2C)cc1. The fraction of sp³-hybridized carbons (Fsp3) is 0.250. The third-order valence-corrected chi connectivity index (χ3v) is 5.49. The number of fused-ring (bicyclic) bond motifs is 1. The molecule has 0 aliphatic heterocycles. The Labute approximate surface area is 170 Å². The van der Waals surface area contributed by atoms with Crippen molar-refractivity contribution in [3.63, 3.8) is 0 Å². The fourth-order valence-electron chi connectivity index (χ4n) is 3.95. The predicted octanol–water partition coefficient (Wildman–Crippen LogP) is 5.63. The number of pyridine rings is 1. The van der Waals surface area contributed by atoms with E-state index in [-0.39, 0.29) is 11.6 Å². The van der Waals surface area contributed by atoms with E-state index in [9.17, 15) is 9.90 Å². The molecule has 0 radical (unpaired) electrons. The molecular formula is C24H25N3O2. The van der Waals surface area contributed by atoms with Crippen molar-refractivity contribution in [2.75, 3.05) is 10.6 Å². The summed E-state index contributed by atoms with van der Waals surface area (Å²) in [4.78, 5) is 15.9. The minimum Gasteiger partial charge on any atom is -0.478 e. The van der Waals surface area contributed by atoms with Gasteiger partial charge in [-0.2, -0.15) is 0 Å². The zero-order chi connectivity index (χ0) is 20.4. The lowest BCUT2D eigenvalue weighted by atomic mass is 9.87. The number of aryl methyl sites for hydroxylation is 3. The summed E-state index contributed by atoms with van der Waals surface area (Å²) in [6.45, 7) is 3.92. The molecule has 3 N–H and O–H groups in total. The normalized spacial score (nSPS) is 15.4. The predicted molar refractivity (Wildman–Crippen MR) is 116 cm³/mol. The Morgan fingerprint density at radius 2 is 1.83 bits per heavy atom. The zero-order valence-electron chi connectivity index (χ0n) is 16.7. The van der Waals surface area contributed by atoms with Crippen molar-refractivity contribution in [2.24, 2.45) is 0 Å². The molecule has 3 aromatic rings. The van der Waals surface area contributed by atoms with Crippen molar-refractivity contribution in [2.45, 2.75) is 39.2 Å². The molecule has 0 unspecified atom stereocenters. The van der Waals surface area contributed by atoms with Crippen LogP contribution in [0.25, 0.3) is 0 Å². The highest BCUT2D eigenvalue weighted by molar-refractivity contribution is 5.94. The highest BCUT2D eigenvalue weighted by Crippen LogP contribution is 2.36. The van der Waals surface area contributed by atoms with Crippen LogP contribution in [0.15, 0.2) is 54.7 Å². The van der Waals surface area contributed by atoms with Crippen LogP contribution in [-0.4, -0.2) is 16.1 Å². The number of nitrogens with one attached hydrogen (secondary N) is 2. The number of hydrogen-bond donors (Lipinski definition) is 3. The molecule has 1 atom stereocenters. The molecule has 0 bridgehead atoms. The van der Waals surface area contributed by atoms with Gasteiger partial charge in [0.05, 0.1) is 23.0 Å². The van der Waals surface area contributed by atoms with E-state index >= 15 is 0 Å². The molecule has 1 aliphatic rings. The molecule has 5 nitrogen and oxygen atoms in total. The van der Waals surface area contributed by atoms with Crippen LogP contribution in [0.1, 0.15) is 51.6 Å². The number of rotatable bonds is 5. The van der Waals surface area contributed by atoms with Gasteiger partial charge >= 0.3 is 5.97 Å². The molecule has 148 valence electrons. The van der Waals surface area contributed by atoms with Crippen molar-refractivity contribution in [3.05, 3.63) is 82.7 Å². The topological polar surface area (TPSA) is 74.2 Å². The fourth-order valence-corrected chi connectivity index (χ4v) is 3.95. The summed E-state index contributed by atoms with van der Waals surface area (Å²) in [6.07, 6.45) is 4.59. The van der Waals surface area contributed by atoms with Crippen LogP contribution >= 0.6 is 0 Å². The molecule has 0 saturated carbocycles.